The van der Waals surface area contributed by atoms with Gasteiger partial charge in [0, 0.05) is 11.8 Å². The molecule has 1 aliphatic heterocycles. The Morgan fingerprint density at radius 1 is 1.20 bits per heavy atom. The van der Waals surface area contributed by atoms with E-state index in [1.54, 1.807) is 0 Å². The number of aryl methyl sites for hydroxylation is 1. The molecule has 2 heterocycles. The molecular weight excluding hydrogens is 246 g/mol. The second-order valence-corrected chi connectivity index (χ2v) is 7.08. The summed E-state index contributed by atoms with van der Waals surface area (Å²) in [4.78, 5) is 4.58. The first-order chi connectivity index (χ1) is 9.32. The smallest absolute Gasteiger partial charge is 0.144 e. The molecule has 0 saturated carbocycles. The van der Waals surface area contributed by atoms with Crippen LogP contribution in [0, 0.1) is 18.8 Å². The van der Waals surface area contributed by atoms with Crippen LogP contribution in [0.4, 0.5) is 0 Å². The summed E-state index contributed by atoms with van der Waals surface area (Å²) in [5.74, 6) is 3.33. The zero-order valence-corrected chi connectivity index (χ0v) is 14.0. The van der Waals surface area contributed by atoms with Gasteiger partial charge in [0.25, 0.3) is 0 Å². The van der Waals surface area contributed by atoms with E-state index in [1.165, 1.54) is 17.5 Å². The van der Waals surface area contributed by atoms with Crippen molar-refractivity contribution in [2.45, 2.75) is 72.8 Å². The van der Waals surface area contributed by atoms with Gasteiger partial charge < -0.3 is 4.74 Å². The molecule has 0 bridgehead atoms. The van der Waals surface area contributed by atoms with E-state index in [0.29, 0.717) is 23.7 Å². The number of hydrogen-bond donors (Lipinski definition) is 0. The summed E-state index contributed by atoms with van der Waals surface area (Å²) in [6.07, 6.45) is 3.54. The Balaban J connectivity index is 2.65. The Morgan fingerprint density at radius 2 is 1.85 bits per heavy atom. The molecule has 1 aliphatic rings. The minimum Gasteiger partial charge on any atom is -0.488 e. The lowest BCUT2D eigenvalue weighted by molar-refractivity contribution is 0.159. The van der Waals surface area contributed by atoms with E-state index in [2.05, 4.69) is 59.6 Å². The molecule has 0 aliphatic carbocycles. The van der Waals surface area contributed by atoms with Gasteiger partial charge in [-0.1, -0.05) is 34.6 Å². The van der Waals surface area contributed by atoms with Crippen LogP contribution in [0.5, 0.6) is 5.75 Å². The molecule has 0 spiro atoms. The van der Waals surface area contributed by atoms with Crippen molar-refractivity contribution in [3.05, 3.63) is 23.0 Å². The molecule has 1 aromatic rings. The SMILES string of the molecule is Cc1ncc(C(C)C)c2c1O[C@H](C)[C@H](C)CC2C(C)C. The summed E-state index contributed by atoms with van der Waals surface area (Å²) in [6.45, 7) is 15.7. The van der Waals surface area contributed by atoms with E-state index < -0.39 is 0 Å². The van der Waals surface area contributed by atoms with Gasteiger partial charge in [-0.3, -0.25) is 4.98 Å². The first kappa shape index (κ1) is 15.3. The number of nitrogens with zero attached hydrogens (tertiary/aromatic N) is 1. The van der Waals surface area contributed by atoms with Gasteiger partial charge in [-0.25, -0.2) is 0 Å². The van der Waals surface area contributed by atoms with Crippen molar-refractivity contribution in [3.63, 3.8) is 0 Å². The molecule has 1 unspecified atom stereocenters. The number of pyridine rings is 1. The predicted octanol–water partition coefficient (Wildman–Crippen LogP) is 5.06. The maximum Gasteiger partial charge on any atom is 0.144 e. The Hall–Kier alpha value is -1.05. The second-order valence-electron chi connectivity index (χ2n) is 7.08. The van der Waals surface area contributed by atoms with Crippen molar-refractivity contribution >= 4 is 0 Å². The molecule has 0 N–H and O–H groups in total. The van der Waals surface area contributed by atoms with Crippen molar-refractivity contribution < 1.29 is 4.74 Å². The standard InChI is InChI=1S/C18H29NO/c1-10(2)15-8-12(5)14(7)20-18-13(6)19-9-16(11(3)4)17(15)18/h9-12,14-15H,8H2,1-7H3/t12-,14-,15?/m1/s1. The average molecular weight is 275 g/mol. The lowest BCUT2D eigenvalue weighted by atomic mass is 9.78. The quantitative estimate of drug-likeness (QED) is 0.752. The molecule has 3 atom stereocenters. The highest BCUT2D eigenvalue weighted by atomic mass is 16.5. The molecule has 0 amide bonds. The van der Waals surface area contributed by atoms with Crippen LogP contribution in [-0.4, -0.2) is 11.1 Å². The summed E-state index contributed by atoms with van der Waals surface area (Å²) < 4.78 is 6.31. The monoisotopic (exact) mass is 275 g/mol. The second kappa shape index (κ2) is 5.75. The Labute approximate surface area is 124 Å². The first-order valence-corrected chi connectivity index (χ1v) is 7.98. The van der Waals surface area contributed by atoms with Gasteiger partial charge in [0.1, 0.15) is 5.75 Å². The summed E-state index contributed by atoms with van der Waals surface area (Å²) in [5.41, 5.74) is 3.83. The Kier molecular flexibility index (Phi) is 4.41. The molecule has 0 saturated heterocycles. The van der Waals surface area contributed by atoms with Crippen molar-refractivity contribution in [2.24, 2.45) is 11.8 Å². The normalized spacial score (nSPS) is 26.4. The van der Waals surface area contributed by atoms with E-state index in [0.717, 1.165) is 11.4 Å². The molecule has 1 aromatic heterocycles. The summed E-state index contributed by atoms with van der Waals surface area (Å²) >= 11 is 0. The average Bonchev–Trinajstić information content (AvgIpc) is 2.49. The third-order valence-corrected chi connectivity index (χ3v) is 4.81. The molecule has 20 heavy (non-hydrogen) atoms. The topological polar surface area (TPSA) is 22.1 Å². The lowest BCUT2D eigenvalue weighted by Gasteiger charge is -2.26. The lowest BCUT2D eigenvalue weighted by Crippen LogP contribution is -2.20. The molecule has 0 fully saturated rings. The third kappa shape index (κ3) is 2.70. The highest BCUT2D eigenvalue weighted by molar-refractivity contribution is 5.46. The Morgan fingerprint density at radius 3 is 2.40 bits per heavy atom. The fourth-order valence-electron chi connectivity index (χ4n) is 3.23. The molecular formula is C18H29NO. The van der Waals surface area contributed by atoms with Gasteiger partial charge >= 0.3 is 0 Å². The zero-order chi connectivity index (χ0) is 15.0. The minimum absolute atomic E-state index is 0.264. The van der Waals surface area contributed by atoms with Gasteiger partial charge in [-0.05, 0) is 49.5 Å². The molecule has 2 nitrogen and oxygen atoms in total. The van der Waals surface area contributed by atoms with E-state index >= 15 is 0 Å². The van der Waals surface area contributed by atoms with Crippen molar-refractivity contribution in [1.29, 1.82) is 0 Å². The van der Waals surface area contributed by atoms with Gasteiger partial charge in [0.05, 0.1) is 11.8 Å². The van der Waals surface area contributed by atoms with Crippen molar-refractivity contribution in [1.82, 2.24) is 4.98 Å². The summed E-state index contributed by atoms with van der Waals surface area (Å²) in [6, 6.07) is 0. The number of hydrogen-bond acceptors (Lipinski definition) is 2. The minimum atomic E-state index is 0.264. The number of fused-ring (bicyclic) bond motifs is 1. The molecule has 0 aromatic carbocycles. The van der Waals surface area contributed by atoms with Gasteiger partial charge in [-0.2, -0.15) is 0 Å². The predicted molar refractivity (Wildman–Crippen MR) is 84.5 cm³/mol. The van der Waals surface area contributed by atoms with E-state index in [-0.39, 0.29) is 6.10 Å². The van der Waals surface area contributed by atoms with Crippen LogP contribution in [0.25, 0.3) is 0 Å². The Bertz CT molecular complexity index is 479. The van der Waals surface area contributed by atoms with Gasteiger partial charge in [0.15, 0.2) is 0 Å². The summed E-state index contributed by atoms with van der Waals surface area (Å²) in [5, 5.41) is 0. The van der Waals surface area contributed by atoms with Gasteiger partial charge in [-0.15, -0.1) is 0 Å². The number of rotatable bonds is 2. The van der Waals surface area contributed by atoms with Crippen LogP contribution in [0.2, 0.25) is 0 Å². The molecule has 112 valence electrons. The van der Waals surface area contributed by atoms with E-state index in [9.17, 15) is 0 Å². The highest BCUT2D eigenvalue weighted by Gasteiger charge is 2.33. The third-order valence-electron chi connectivity index (χ3n) is 4.81. The summed E-state index contributed by atoms with van der Waals surface area (Å²) in [7, 11) is 0. The van der Waals surface area contributed by atoms with Crippen molar-refractivity contribution in [2.75, 3.05) is 0 Å². The highest BCUT2D eigenvalue weighted by Crippen LogP contribution is 2.45. The van der Waals surface area contributed by atoms with Crippen LogP contribution in [0.15, 0.2) is 6.20 Å². The van der Waals surface area contributed by atoms with Crippen LogP contribution in [0.3, 0.4) is 0 Å². The fourth-order valence-corrected chi connectivity index (χ4v) is 3.23. The maximum atomic E-state index is 6.31. The van der Waals surface area contributed by atoms with Crippen molar-refractivity contribution in [3.8, 4) is 5.75 Å². The molecule has 2 heteroatoms. The van der Waals surface area contributed by atoms with Crippen LogP contribution < -0.4 is 4.74 Å². The maximum absolute atomic E-state index is 6.31. The largest absolute Gasteiger partial charge is 0.488 e. The molecule has 2 rings (SSSR count). The van der Waals surface area contributed by atoms with E-state index in [1.807, 2.05) is 0 Å². The number of ether oxygens (including phenoxy) is 1. The molecule has 0 radical (unpaired) electrons. The first-order valence-electron chi connectivity index (χ1n) is 7.98. The van der Waals surface area contributed by atoms with Gasteiger partial charge in [0.2, 0.25) is 0 Å². The fraction of sp³-hybridized carbons (Fsp3) is 0.722. The van der Waals surface area contributed by atoms with Crippen LogP contribution in [-0.2, 0) is 0 Å². The number of aromatic nitrogens is 1. The zero-order valence-electron chi connectivity index (χ0n) is 14.0. The van der Waals surface area contributed by atoms with E-state index in [4.69, 9.17) is 4.74 Å². The van der Waals surface area contributed by atoms with Crippen LogP contribution in [0.1, 0.15) is 76.6 Å². The van der Waals surface area contributed by atoms with Crippen LogP contribution >= 0.6 is 0 Å².